The number of anilines is 1. The number of methoxy groups -OCH3 is 1. The van der Waals surface area contributed by atoms with E-state index in [0.29, 0.717) is 0 Å². The summed E-state index contributed by atoms with van der Waals surface area (Å²) in [5.74, 6) is 0.502. The van der Waals surface area contributed by atoms with Crippen molar-refractivity contribution in [1.82, 2.24) is 4.98 Å². The average Bonchev–Trinajstić information content (AvgIpc) is 2.26. The Hall–Kier alpha value is -1.10. The smallest absolute Gasteiger partial charge is 0.325 e. The molecule has 1 heterocycles. The number of carbonyl (C=O) groups is 1. The lowest BCUT2D eigenvalue weighted by atomic mass is 10.3. The SMILES string of the molecule is COC(=O)CN(c1ccc(Br)cn1)C(C)C. The molecule has 1 rings (SSSR count). The lowest BCUT2D eigenvalue weighted by Gasteiger charge is -2.26. The van der Waals surface area contributed by atoms with Crippen LogP contribution in [0.25, 0.3) is 0 Å². The number of aromatic nitrogens is 1. The van der Waals surface area contributed by atoms with Crippen molar-refractivity contribution in [3.8, 4) is 0 Å². The van der Waals surface area contributed by atoms with E-state index >= 15 is 0 Å². The van der Waals surface area contributed by atoms with Gasteiger partial charge in [0.05, 0.1) is 7.11 Å². The number of ether oxygens (including phenoxy) is 1. The maximum atomic E-state index is 11.3. The Balaban J connectivity index is 2.85. The number of halogens is 1. The molecule has 0 radical (unpaired) electrons. The Morgan fingerprint density at radius 3 is 2.69 bits per heavy atom. The maximum Gasteiger partial charge on any atom is 0.325 e. The normalized spacial score (nSPS) is 10.3. The molecule has 88 valence electrons. The van der Waals surface area contributed by atoms with E-state index in [-0.39, 0.29) is 18.6 Å². The molecule has 0 unspecified atom stereocenters. The zero-order valence-electron chi connectivity index (χ0n) is 9.61. The van der Waals surface area contributed by atoms with Crippen molar-refractivity contribution < 1.29 is 9.53 Å². The molecular formula is C11H15BrN2O2. The van der Waals surface area contributed by atoms with Gasteiger partial charge in [0.25, 0.3) is 0 Å². The van der Waals surface area contributed by atoms with Crippen LogP contribution in [0.1, 0.15) is 13.8 Å². The topological polar surface area (TPSA) is 42.4 Å². The Kier molecular flexibility index (Phi) is 4.73. The Labute approximate surface area is 104 Å². The summed E-state index contributed by atoms with van der Waals surface area (Å²) >= 11 is 3.32. The summed E-state index contributed by atoms with van der Waals surface area (Å²) < 4.78 is 5.57. The molecule has 0 spiro atoms. The zero-order chi connectivity index (χ0) is 12.1. The molecule has 0 saturated carbocycles. The van der Waals surface area contributed by atoms with Crippen LogP contribution in [0.15, 0.2) is 22.8 Å². The lowest BCUT2D eigenvalue weighted by Crippen LogP contribution is -2.36. The molecule has 0 fully saturated rings. The number of nitrogens with zero attached hydrogens (tertiary/aromatic N) is 2. The van der Waals surface area contributed by atoms with Crippen molar-refractivity contribution in [2.24, 2.45) is 0 Å². The summed E-state index contributed by atoms with van der Waals surface area (Å²) in [4.78, 5) is 17.4. The third-order valence-corrected chi connectivity index (χ3v) is 2.63. The van der Waals surface area contributed by atoms with Gasteiger partial charge in [-0.15, -0.1) is 0 Å². The van der Waals surface area contributed by atoms with Crippen molar-refractivity contribution in [2.75, 3.05) is 18.6 Å². The summed E-state index contributed by atoms with van der Waals surface area (Å²) in [5, 5.41) is 0. The van der Waals surface area contributed by atoms with Gasteiger partial charge in [-0.1, -0.05) is 0 Å². The highest BCUT2D eigenvalue weighted by atomic mass is 79.9. The van der Waals surface area contributed by atoms with E-state index in [4.69, 9.17) is 0 Å². The highest BCUT2D eigenvalue weighted by Gasteiger charge is 2.15. The Morgan fingerprint density at radius 2 is 2.25 bits per heavy atom. The Morgan fingerprint density at radius 1 is 1.56 bits per heavy atom. The molecule has 5 heteroatoms. The van der Waals surface area contributed by atoms with Crippen molar-refractivity contribution >= 4 is 27.7 Å². The summed E-state index contributed by atoms with van der Waals surface area (Å²) in [6.07, 6.45) is 1.71. The van der Waals surface area contributed by atoms with Gasteiger partial charge >= 0.3 is 5.97 Å². The summed E-state index contributed by atoms with van der Waals surface area (Å²) in [5.41, 5.74) is 0. The van der Waals surface area contributed by atoms with Crippen molar-refractivity contribution in [1.29, 1.82) is 0 Å². The van der Waals surface area contributed by atoms with E-state index in [2.05, 4.69) is 25.7 Å². The van der Waals surface area contributed by atoms with Gasteiger partial charge in [-0.05, 0) is 41.9 Å². The van der Waals surface area contributed by atoms with E-state index in [0.717, 1.165) is 10.3 Å². The fourth-order valence-corrected chi connectivity index (χ4v) is 1.50. The number of carbonyl (C=O) groups excluding carboxylic acids is 1. The number of hydrogen-bond donors (Lipinski definition) is 0. The molecular weight excluding hydrogens is 272 g/mol. The van der Waals surface area contributed by atoms with E-state index < -0.39 is 0 Å². The molecule has 4 nitrogen and oxygen atoms in total. The van der Waals surface area contributed by atoms with Crippen LogP contribution in [-0.2, 0) is 9.53 Å². The van der Waals surface area contributed by atoms with E-state index in [1.54, 1.807) is 6.20 Å². The van der Waals surface area contributed by atoms with Gasteiger partial charge < -0.3 is 9.64 Å². The van der Waals surface area contributed by atoms with Crippen LogP contribution in [0.4, 0.5) is 5.82 Å². The monoisotopic (exact) mass is 286 g/mol. The minimum atomic E-state index is -0.265. The Bertz CT molecular complexity index is 352. The first kappa shape index (κ1) is 13.0. The highest BCUT2D eigenvalue weighted by molar-refractivity contribution is 9.10. The van der Waals surface area contributed by atoms with Crippen LogP contribution in [0.3, 0.4) is 0 Å². The second kappa shape index (κ2) is 5.84. The molecule has 0 saturated heterocycles. The predicted octanol–water partition coefficient (Wildman–Crippen LogP) is 2.23. The van der Waals surface area contributed by atoms with Gasteiger partial charge in [0.1, 0.15) is 12.4 Å². The first-order valence-electron chi connectivity index (χ1n) is 4.99. The third-order valence-electron chi connectivity index (χ3n) is 2.16. The molecule has 1 aromatic heterocycles. The number of rotatable bonds is 4. The van der Waals surface area contributed by atoms with Gasteiger partial charge in [0.2, 0.25) is 0 Å². The molecule has 0 N–H and O–H groups in total. The number of hydrogen-bond acceptors (Lipinski definition) is 4. The molecule has 0 atom stereocenters. The second-order valence-corrected chi connectivity index (χ2v) is 4.55. The molecule has 0 aliphatic carbocycles. The van der Waals surface area contributed by atoms with E-state index in [1.807, 2.05) is 30.9 Å². The summed E-state index contributed by atoms with van der Waals surface area (Å²) in [6.45, 7) is 4.22. The maximum absolute atomic E-state index is 11.3. The third kappa shape index (κ3) is 3.48. The molecule has 16 heavy (non-hydrogen) atoms. The van der Waals surface area contributed by atoms with Gasteiger partial charge in [-0.3, -0.25) is 4.79 Å². The second-order valence-electron chi connectivity index (χ2n) is 3.63. The average molecular weight is 287 g/mol. The molecule has 0 aliphatic rings. The fourth-order valence-electron chi connectivity index (χ4n) is 1.27. The predicted molar refractivity (Wildman–Crippen MR) is 66.4 cm³/mol. The highest BCUT2D eigenvalue weighted by Crippen LogP contribution is 2.16. The van der Waals surface area contributed by atoms with Crippen molar-refractivity contribution in [3.63, 3.8) is 0 Å². The van der Waals surface area contributed by atoms with Crippen molar-refractivity contribution in [2.45, 2.75) is 19.9 Å². The minimum absolute atomic E-state index is 0.188. The quantitative estimate of drug-likeness (QED) is 0.796. The molecule has 0 aliphatic heterocycles. The zero-order valence-corrected chi connectivity index (χ0v) is 11.2. The van der Waals surface area contributed by atoms with Crippen LogP contribution in [0.2, 0.25) is 0 Å². The standard InChI is InChI=1S/C11H15BrN2O2/c1-8(2)14(7-11(15)16-3)10-5-4-9(12)6-13-10/h4-6,8H,7H2,1-3H3. The molecule has 0 bridgehead atoms. The summed E-state index contributed by atoms with van der Waals surface area (Å²) in [7, 11) is 1.38. The lowest BCUT2D eigenvalue weighted by molar-refractivity contribution is -0.139. The first-order chi connectivity index (χ1) is 7.54. The van der Waals surface area contributed by atoms with Crippen LogP contribution in [0.5, 0.6) is 0 Å². The van der Waals surface area contributed by atoms with Crippen LogP contribution in [0, 0.1) is 0 Å². The van der Waals surface area contributed by atoms with Gasteiger partial charge in [-0.2, -0.15) is 0 Å². The van der Waals surface area contributed by atoms with Crippen molar-refractivity contribution in [3.05, 3.63) is 22.8 Å². The number of esters is 1. The van der Waals surface area contributed by atoms with Crippen LogP contribution < -0.4 is 4.90 Å². The van der Waals surface area contributed by atoms with E-state index in [1.165, 1.54) is 7.11 Å². The molecule has 0 amide bonds. The minimum Gasteiger partial charge on any atom is -0.468 e. The first-order valence-corrected chi connectivity index (χ1v) is 5.79. The molecule has 1 aromatic rings. The largest absolute Gasteiger partial charge is 0.468 e. The summed E-state index contributed by atoms with van der Waals surface area (Å²) in [6, 6.07) is 3.95. The molecule has 0 aromatic carbocycles. The van der Waals surface area contributed by atoms with Crippen LogP contribution in [-0.4, -0.2) is 30.6 Å². The van der Waals surface area contributed by atoms with Gasteiger partial charge in [0, 0.05) is 16.7 Å². The fraction of sp³-hybridized carbons (Fsp3) is 0.455. The van der Waals surface area contributed by atoms with Gasteiger partial charge in [0.15, 0.2) is 0 Å². The number of pyridine rings is 1. The van der Waals surface area contributed by atoms with Gasteiger partial charge in [-0.25, -0.2) is 4.98 Å². The van der Waals surface area contributed by atoms with E-state index in [9.17, 15) is 4.79 Å². The van der Waals surface area contributed by atoms with Crippen LogP contribution >= 0.6 is 15.9 Å².